The summed E-state index contributed by atoms with van der Waals surface area (Å²) >= 11 is 1.40. The zero-order valence-electron chi connectivity index (χ0n) is 15.9. The van der Waals surface area contributed by atoms with Gasteiger partial charge in [-0.25, -0.2) is 4.98 Å². The zero-order valence-corrected chi connectivity index (χ0v) is 16.7. The normalized spacial score (nSPS) is 13.8. The van der Waals surface area contributed by atoms with Gasteiger partial charge in [0.25, 0.3) is 0 Å². The first-order chi connectivity index (χ1) is 13.0. The molecule has 0 spiro atoms. The number of hydrogen-bond donors (Lipinski definition) is 1. The van der Waals surface area contributed by atoms with Crippen LogP contribution < -0.4 is 5.32 Å². The van der Waals surface area contributed by atoms with Gasteiger partial charge in [-0.15, -0.1) is 0 Å². The molecule has 2 heterocycles. The number of nitrogens with one attached hydrogen (secondary N) is 1. The van der Waals surface area contributed by atoms with E-state index in [0.29, 0.717) is 13.0 Å². The van der Waals surface area contributed by atoms with Crippen molar-refractivity contribution in [1.29, 1.82) is 0 Å². The van der Waals surface area contributed by atoms with Crippen molar-refractivity contribution in [2.45, 2.75) is 38.3 Å². The van der Waals surface area contributed by atoms with Gasteiger partial charge in [-0.05, 0) is 49.9 Å². The summed E-state index contributed by atoms with van der Waals surface area (Å²) in [4.78, 5) is 30.3. The zero-order chi connectivity index (χ0) is 19.2. The van der Waals surface area contributed by atoms with Crippen molar-refractivity contribution in [3.63, 3.8) is 0 Å². The predicted molar refractivity (Wildman–Crippen MR) is 107 cm³/mol. The molecule has 1 N–H and O–H groups in total. The Balaban J connectivity index is 1.47. The van der Waals surface area contributed by atoms with E-state index >= 15 is 0 Å². The molecule has 3 rings (SSSR count). The van der Waals surface area contributed by atoms with Crippen LogP contribution in [0.5, 0.6) is 0 Å². The van der Waals surface area contributed by atoms with Crippen LogP contribution in [-0.4, -0.2) is 51.7 Å². The van der Waals surface area contributed by atoms with E-state index in [-0.39, 0.29) is 17.6 Å². The molecule has 7 heteroatoms. The lowest BCUT2D eigenvalue weighted by Gasteiger charge is -2.15. The van der Waals surface area contributed by atoms with Crippen LogP contribution in [0, 0.1) is 13.8 Å². The molecule has 0 unspecified atom stereocenters. The van der Waals surface area contributed by atoms with E-state index in [0.717, 1.165) is 36.8 Å². The second-order valence-electron chi connectivity index (χ2n) is 6.82. The summed E-state index contributed by atoms with van der Waals surface area (Å²) in [5.74, 6) is 0.328. The summed E-state index contributed by atoms with van der Waals surface area (Å²) in [5, 5.41) is 3.61. The number of carbonyl (C=O) groups excluding carboxylic acids is 2. The molecule has 0 atom stereocenters. The fourth-order valence-electron chi connectivity index (χ4n) is 3.08. The third-order valence-electron chi connectivity index (χ3n) is 4.83. The van der Waals surface area contributed by atoms with E-state index in [1.807, 2.05) is 15.7 Å². The maximum atomic E-state index is 12.1. The van der Waals surface area contributed by atoms with E-state index in [9.17, 15) is 9.59 Å². The second kappa shape index (κ2) is 9.08. The number of carbonyl (C=O) groups is 2. The smallest absolute Gasteiger partial charge is 0.230 e. The van der Waals surface area contributed by atoms with Crippen LogP contribution in [0.25, 0.3) is 5.69 Å². The Morgan fingerprint density at radius 1 is 1.19 bits per heavy atom. The van der Waals surface area contributed by atoms with Crippen LogP contribution in [0.2, 0.25) is 0 Å². The molecule has 1 aliphatic rings. The molecule has 1 aromatic carbocycles. The molecule has 0 radical (unpaired) electrons. The lowest BCUT2D eigenvalue weighted by Crippen LogP contribution is -2.33. The molecule has 6 nitrogen and oxygen atoms in total. The Morgan fingerprint density at radius 2 is 1.96 bits per heavy atom. The predicted octanol–water partition coefficient (Wildman–Crippen LogP) is 2.71. The minimum Gasteiger partial charge on any atom is -0.355 e. The number of amides is 2. The molecule has 27 heavy (non-hydrogen) atoms. The monoisotopic (exact) mass is 386 g/mol. The fourth-order valence-corrected chi connectivity index (χ4v) is 3.89. The van der Waals surface area contributed by atoms with Crippen molar-refractivity contribution in [3.8, 4) is 5.69 Å². The van der Waals surface area contributed by atoms with Crippen molar-refractivity contribution < 1.29 is 9.59 Å². The highest BCUT2D eigenvalue weighted by atomic mass is 32.2. The average molecular weight is 387 g/mol. The molecule has 2 amide bonds. The molecular formula is C20H26N4O2S. The third kappa shape index (κ3) is 5.13. The van der Waals surface area contributed by atoms with Gasteiger partial charge in [0.05, 0.1) is 5.75 Å². The van der Waals surface area contributed by atoms with Crippen molar-refractivity contribution in [3.05, 3.63) is 41.7 Å². The van der Waals surface area contributed by atoms with Gasteiger partial charge in [0.1, 0.15) is 0 Å². The van der Waals surface area contributed by atoms with Crippen LogP contribution in [0.15, 0.2) is 35.7 Å². The number of aromatic nitrogens is 2. The summed E-state index contributed by atoms with van der Waals surface area (Å²) in [5.41, 5.74) is 3.50. The molecular weight excluding hydrogens is 360 g/mol. The number of hydrogen-bond acceptors (Lipinski definition) is 4. The van der Waals surface area contributed by atoms with E-state index in [4.69, 9.17) is 0 Å². The lowest BCUT2D eigenvalue weighted by atomic mass is 10.1. The number of likely N-dealkylation sites (tertiary alicyclic amines) is 1. The van der Waals surface area contributed by atoms with Crippen molar-refractivity contribution in [2.75, 3.05) is 25.4 Å². The molecule has 0 saturated carbocycles. The van der Waals surface area contributed by atoms with Gasteiger partial charge in [0, 0.05) is 44.1 Å². The molecule has 1 aliphatic heterocycles. The van der Waals surface area contributed by atoms with Crippen LogP contribution in [0.4, 0.5) is 0 Å². The maximum absolute atomic E-state index is 12.1. The van der Waals surface area contributed by atoms with E-state index in [1.165, 1.54) is 22.9 Å². The van der Waals surface area contributed by atoms with Gasteiger partial charge < -0.3 is 10.2 Å². The van der Waals surface area contributed by atoms with Crippen LogP contribution in [0.3, 0.4) is 0 Å². The summed E-state index contributed by atoms with van der Waals surface area (Å²) < 4.78 is 1.99. The number of rotatable bonds is 7. The standard InChI is InChI=1S/C20H26N4O2S/c1-15-5-6-17(13-16(15)2)24-12-9-22-20(24)27-14-18(25)21-8-7-19(26)23-10-3-4-11-23/h5-6,9,12-13H,3-4,7-8,10-11,14H2,1-2H3,(H,21,25). The Morgan fingerprint density at radius 3 is 2.70 bits per heavy atom. The minimum atomic E-state index is -0.0798. The van der Waals surface area contributed by atoms with Gasteiger partial charge >= 0.3 is 0 Å². The number of nitrogens with zero attached hydrogens (tertiary/aromatic N) is 3. The van der Waals surface area contributed by atoms with Gasteiger partial charge in [-0.2, -0.15) is 0 Å². The second-order valence-corrected chi connectivity index (χ2v) is 7.77. The Bertz CT molecular complexity index is 812. The molecule has 2 aromatic rings. The lowest BCUT2D eigenvalue weighted by molar-refractivity contribution is -0.130. The van der Waals surface area contributed by atoms with E-state index in [2.05, 4.69) is 42.3 Å². The van der Waals surface area contributed by atoms with Gasteiger partial charge in [-0.3, -0.25) is 14.2 Å². The summed E-state index contributed by atoms with van der Waals surface area (Å²) in [6.45, 7) is 6.26. The van der Waals surface area contributed by atoms with Crippen LogP contribution in [0.1, 0.15) is 30.4 Å². The molecule has 0 bridgehead atoms. The quantitative estimate of drug-likeness (QED) is 0.743. The topological polar surface area (TPSA) is 67.2 Å². The Labute approximate surface area is 164 Å². The van der Waals surface area contributed by atoms with Crippen LogP contribution >= 0.6 is 11.8 Å². The van der Waals surface area contributed by atoms with Crippen molar-refractivity contribution in [2.24, 2.45) is 0 Å². The highest BCUT2D eigenvalue weighted by molar-refractivity contribution is 7.99. The minimum absolute atomic E-state index is 0.0798. The molecule has 1 fully saturated rings. The van der Waals surface area contributed by atoms with E-state index in [1.54, 1.807) is 6.20 Å². The Hall–Kier alpha value is -2.28. The summed E-state index contributed by atoms with van der Waals surface area (Å²) in [6, 6.07) is 6.26. The van der Waals surface area contributed by atoms with E-state index < -0.39 is 0 Å². The average Bonchev–Trinajstić information content (AvgIpc) is 3.34. The highest BCUT2D eigenvalue weighted by Crippen LogP contribution is 2.22. The molecule has 1 saturated heterocycles. The molecule has 0 aliphatic carbocycles. The number of benzene rings is 1. The summed E-state index contributed by atoms with van der Waals surface area (Å²) in [6.07, 6.45) is 6.18. The maximum Gasteiger partial charge on any atom is 0.230 e. The first-order valence-electron chi connectivity index (χ1n) is 9.33. The summed E-state index contributed by atoms with van der Waals surface area (Å²) in [7, 11) is 0. The number of thioether (sulfide) groups is 1. The largest absolute Gasteiger partial charge is 0.355 e. The van der Waals surface area contributed by atoms with Crippen molar-refractivity contribution >= 4 is 23.6 Å². The SMILES string of the molecule is Cc1ccc(-n2ccnc2SCC(=O)NCCC(=O)N2CCCC2)cc1C. The number of imidazole rings is 1. The molecule has 144 valence electrons. The molecule has 1 aromatic heterocycles. The number of aryl methyl sites for hydroxylation is 2. The van der Waals surface area contributed by atoms with Crippen LogP contribution in [-0.2, 0) is 9.59 Å². The van der Waals surface area contributed by atoms with Gasteiger partial charge in [0.15, 0.2) is 5.16 Å². The Kier molecular flexibility index (Phi) is 6.55. The van der Waals surface area contributed by atoms with Gasteiger partial charge in [-0.1, -0.05) is 17.8 Å². The first kappa shape index (κ1) is 19.5. The first-order valence-corrected chi connectivity index (χ1v) is 10.3. The van der Waals surface area contributed by atoms with Crippen molar-refractivity contribution in [1.82, 2.24) is 19.8 Å². The fraction of sp³-hybridized carbons (Fsp3) is 0.450. The third-order valence-corrected chi connectivity index (χ3v) is 5.79. The van der Waals surface area contributed by atoms with Gasteiger partial charge in [0.2, 0.25) is 11.8 Å². The highest BCUT2D eigenvalue weighted by Gasteiger charge is 2.17.